The van der Waals surface area contributed by atoms with Crippen LogP contribution in [0.2, 0.25) is 0 Å². The molecule has 0 radical (unpaired) electrons. The number of thiazole rings is 1. The number of hydrogen-bond donors (Lipinski definition) is 1. The summed E-state index contributed by atoms with van der Waals surface area (Å²) in [6.45, 7) is 0. The number of aromatic nitrogens is 1. The van der Waals surface area contributed by atoms with Crippen molar-refractivity contribution in [3.63, 3.8) is 0 Å². The average molecular weight is 266 g/mol. The van der Waals surface area contributed by atoms with E-state index >= 15 is 0 Å². The summed E-state index contributed by atoms with van der Waals surface area (Å²) in [4.78, 5) is 5.72. The molecule has 1 atom stereocenters. The number of rotatable bonds is 2. The Kier molecular flexibility index (Phi) is 2.87. The van der Waals surface area contributed by atoms with E-state index in [0.717, 1.165) is 31.0 Å². The molecule has 94 valence electrons. The summed E-state index contributed by atoms with van der Waals surface area (Å²) in [5.41, 5.74) is 7.40. The zero-order chi connectivity index (χ0) is 12.7. The molecule has 0 fully saturated rings. The first-order valence-electron chi connectivity index (χ1n) is 5.84. The molecule has 2 nitrogen and oxygen atoms in total. The van der Waals surface area contributed by atoms with Gasteiger partial charge in [-0.15, -0.1) is 11.3 Å². The molecule has 0 aliphatic heterocycles. The van der Waals surface area contributed by atoms with Gasteiger partial charge in [-0.3, -0.25) is 0 Å². The van der Waals surface area contributed by atoms with Crippen LogP contribution in [0.1, 0.15) is 33.6 Å². The first-order valence-corrected chi connectivity index (χ1v) is 6.66. The molecule has 5 heteroatoms. The number of hydrogen-bond acceptors (Lipinski definition) is 3. The lowest BCUT2D eigenvalue weighted by Gasteiger charge is -2.10. The van der Waals surface area contributed by atoms with Gasteiger partial charge in [0.25, 0.3) is 0 Å². The highest BCUT2D eigenvalue weighted by atomic mass is 32.1. The minimum absolute atomic E-state index is 0.295. The lowest BCUT2D eigenvalue weighted by Crippen LogP contribution is -2.13. The summed E-state index contributed by atoms with van der Waals surface area (Å²) in [6.07, 6.45) is 3.14. The van der Waals surface area contributed by atoms with Gasteiger partial charge >= 0.3 is 0 Å². The van der Waals surface area contributed by atoms with Crippen molar-refractivity contribution in [2.24, 2.45) is 5.73 Å². The Labute approximate surface area is 107 Å². The second-order valence-corrected chi connectivity index (χ2v) is 5.53. The molecule has 1 aliphatic carbocycles. The third-order valence-corrected chi connectivity index (χ3v) is 4.42. The fraction of sp³-hybridized carbons (Fsp3) is 0.308. The maximum Gasteiger partial charge on any atom is 0.131 e. The van der Waals surface area contributed by atoms with Crippen LogP contribution < -0.4 is 5.73 Å². The van der Waals surface area contributed by atoms with E-state index in [4.69, 9.17) is 5.73 Å². The first-order chi connectivity index (χ1) is 8.65. The number of halogens is 2. The fourth-order valence-corrected chi connectivity index (χ4v) is 3.40. The molecule has 0 amide bonds. The van der Waals surface area contributed by atoms with E-state index in [1.165, 1.54) is 17.0 Å². The molecule has 0 bridgehead atoms. The lowest BCUT2D eigenvalue weighted by molar-refractivity contribution is 0.565. The molecule has 1 unspecified atom stereocenters. The fourth-order valence-electron chi connectivity index (χ4n) is 2.23. The summed E-state index contributed by atoms with van der Waals surface area (Å²) in [6, 6.07) is 2.86. The number of benzene rings is 1. The van der Waals surface area contributed by atoms with Gasteiger partial charge in [0.2, 0.25) is 0 Å². The van der Waals surface area contributed by atoms with Gasteiger partial charge in [-0.1, -0.05) is 6.07 Å². The van der Waals surface area contributed by atoms with Crippen molar-refractivity contribution in [2.45, 2.75) is 25.3 Å². The van der Waals surface area contributed by atoms with Crippen molar-refractivity contribution in [1.82, 2.24) is 4.98 Å². The number of aryl methyl sites for hydroxylation is 2. The molecule has 0 spiro atoms. The van der Waals surface area contributed by atoms with Crippen LogP contribution in [0, 0.1) is 11.6 Å². The summed E-state index contributed by atoms with van der Waals surface area (Å²) in [5.74, 6) is -1.21. The number of nitrogens with zero attached hydrogens (tertiary/aromatic N) is 1. The van der Waals surface area contributed by atoms with Gasteiger partial charge in [-0.25, -0.2) is 13.8 Å². The highest BCUT2D eigenvalue weighted by Gasteiger charge is 2.22. The second-order valence-electron chi connectivity index (χ2n) is 4.42. The molecule has 3 rings (SSSR count). The van der Waals surface area contributed by atoms with Crippen LogP contribution in [0.4, 0.5) is 8.78 Å². The molecule has 0 saturated carbocycles. The molecule has 2 N–H and O–H groups in total. The zero-order valence-corrected chi connectivity index (χ0v) is 10.4. The van der Waals surface area contributed by atoms with Crippen LogP contribution in [0.15, 0.2) is 18.2 Å². The second kappa shape index (κ2) is 4.40. The van der Waals surface area contributed by atoms with Crippen molar-refractivity contribution in [1.29, 1.82) is 0 Å². The Morgan fingerprint density at radius 3 is 2.83 bits per heavy atom. The van der Waals surface area contributed by atoms with Crippen molar-refractivity contribution in [3.05, 3.63) is 51.0 Å². The molecule has 18 heavy (non-hydrogen) atoms. The van der Waals surface area contributed by atoms with Gasteiger partial charge in [-0.05, 0) is 25.3 Å². The Balaban J connectivity index is 1.95. The normalized spacial score (nSPS) is 15.7. The average Bonchev–Trinajstić information content (AvgIpc) is 2.87. The van der Waals surface area contributed by atoms with E-state index in [-0.39, 0.29) is 0 Å². The van der Waals surface area contributed by atoms with Gasteiger partial charge in [0.1, 0.15) is 16.6 Å². The van der Waals surface area contributed by atoms with Crippen molar-refractivity contribution < 1.29 is 8.78 Å². The predicted octanol–water partition coefficient (Wildman–Crippen LogP) is 2.96. The van der Waals surface area contributed by atoms with E-state index < -0.39 is 17.7 Å². The highest BCUT2D eigenvalue weighted by molar-refractivity contribution is 7.11. The van der Waals surface area contributed by atoms with E-state index in [9.17, 15) is 8.78 Å². The SMILES string of the molecule is NC(c1nc2c(s1)CCC2)c1ccc(F)cc1F. The number of fused-ring (bicyclic) bond motifs is 1. The Hall–Kier alpha value is -1.33. The van der Waals surface area contributed by atoms with Crippen molar-refractivity contribution in [2.75, 3.05) is 0 Å². The van der Waals surface area contributed by atoms with Gasteiger partial charge in [0.15, 0.2) is 0 Å². The molecular formula is C13H12F2N2S. The van der Waals surface area contributed by atoms with Gasteiger partial charge in [-0.2, -0.15) is 0 Å². The van der Waals surface area contributed by atoms with Crippen molar-refractivity contribution >= 4 is 11.3 Å². The molecule has 1 aromatic carbocycles. The van der Waals surface area contributed by atoms with Crippen LogP contribution in [-0.2, 0) is 12.8 Å². The quantitative estimate of drug-likeness (QED) is 0.907. The summed E-state index contributed by atoms with van der Waals surface area (Å²) >= 11 is 1.54. The van der Waals surface area contributed by atoms with Crippen LogP contribution in [-0.4, -0.2) is 4.98 Å². The van der Waals surface area contributed by atoms with Crippen LogP contribution >= 0.6 is 11.3 Å². The molecule has 1 aliphatic rings. The first kappa shape index (κ1) is 11.7. The molecule has 1 heterocycles. The van der Waals surface area contributed by atoms with E-state index in [2.05, 4.69) is 4.98 Å². The standard InChI is InChI=1S/C13H12F2N2S/c14-7-4-5-8(9(15)6-7)12(16)13-17-10-2-1-3-11(10)18-13/h4-6,12H,1-3,16H2. The van der Waals surface area contributed by atoms with Gasteiger partial charge < -0.3 is 5.73 Å². The van der Waals surface area contributed by atoms with E-state index in [1.807, 2.05) is 0 Å². The lowest BCUT2D eigenvalue weighted by atomic mass is 10.1. The maximum atomic E-state index is 13.6. The monoisotopic (exact) mass is 266 g/mol. The Morgan fingerprint density at radius 1 is 1.28 bits per heavy atom. The van der Waals surface area contributed by atoms with Crippen LogP contribution in [0.25, 0.3) is 0 Å². The smallest absolute Gasteiger partial charge is 0.131 e. The minimum atomic E-state index is -0.613. The largest absolute Gasteiger partial charge is 0.318 e. The van der Waals surface area contributed by atoms with E-state index in [1.54, 1.807) is 11.3 Å². The zero-order valence-electron chi connectivity index (χ0n) is 9.62. The summed E-state index contributed by atoms with van der Waals surface area (Å²) in [7, 11) is 0. The van der Waals surface area contributed by atoms with Crippen LogP contribution in [0.3, 0.4) is 0 Å². The molecule has 0 saturated heterocycles. The third kappa shape index (κ3) is 1.93. The Bertz CT molecular complexity index is 573. The molecule has 2 aromatic rings. The molecular weight excluding hydrogens is 254 g/mol. The van der Waals surface area contributed by atoms with Crippen molar-refractivity contribution in [3.8, 4) is 0 Å². The van der Waals surface area contributed by atoms with E-state index in [0.29, 0.717) is 10.6 Å². The van der Waals surface area contributed by atoms with Gasteiger partial charge in [0.05, 0.1) is 11.7 Å². The Morgan fingerprint density at radius 2 is 2.11 bits per heavy atom. The minimum Gasteiger partial charge on any atom is -0.318 e. The van der Waals surface area contributed by atoms with Crippen LogP contribution in [0.5, 0.6) is 0 Å². The summed E-state index contributed by atoms with van der Waals surface area (Å²) < 4.78 is 26.5. The third-order valence-electron chi connectivity index (χ3n) is 3.18. The topological polar surface area (TPSA) is 38.9 Å². The molecule has 1 aromatic heterocycles. The number of nitrogens with two attached hydrogens (primary N) is 1. The predicted molar refractivity (Wildman–Crippen MR) is 66.5 cm³/mol. The maximum absolute atomic E-state index is 13.6. The summed E-state index contributed by atoms with van der Waals surface area (Å²) in [5, 5.41) is 0.713. The highest BCUT2D eigenvalue weighted by Crippen LogP contribution is 2.32. The van der Waals surface area contributed by atoms with Gasteiger partial charge in [0, 0.05) is 16.5 Å².